The molecule has 0 radical (unpaired) electrons. The average molecular weight is 311 g/mol. The van der Waals surface area contributed by atoms with Gasteiger partial charge >= 0.3 is 5.97 Å². The summed E-state index contributed by atoms with van der Waals surface area (Å²) in [6.45, 7) is 3.94. The minimum Gasteiger partial charge on any atom is -0.461 e. The van der Waals surface area contributed by atoms with Crippen molar-refractivity contribution in [3.63, 3.8) is 0 Å². The first kappa shape index (κ1) is 15.4. The number of esters is 1. The largest absolute Gasteiger partial charge is 0.461 e. The van der Waals surface area contributed by atoms with Crippen molar-refractivity contribution in [2.24, 2.45) is 0 Å². The Hall–Kier alpha value is -1.96. The number of anilines is 1. The maximum Gasteiger partial charge on any atom is 0.358 e. The highest BCUT2D eigenvalue weighted by Gasteiger charge is 2.31. The van der Waals surface area contributed by atoms with Crippen LogP contribution < -0.4 is 5.32 Å². The molecule has 8 heteroatoms. The lowest BCUT2D eigenvalue weighted by Crippen LogP contribution is -2.30. The molecule has 21 heavy (non-hydrogen) atoms. The first-order valence-corrected chi connectivity index (χ1v) is 7.46. The summed E-state index contributed by atoms with van der Waals surface area (Å²) in [5.41, 5.74) is 0.00986. The van der Waals surface area contributed by atoms with Gasteiger partial charge in [0.15, 0.2) is 16.6 Å². The second kappa shape index (κ2) is 6.21. The van der Waals surface area contributed by atoms with E-state index < -0.39 is 5.97 Å². The number of likely N-dealkylation sites (tertiary alicyclic amines) is 1. The molecule has 1 fully saturated rings. The molecule has 2 rings (SSSR count). The Labute approximate surface area is 126 Å². The molecule has 1 aromatic rings. The van der Waals surface area contributed by atoms with Gasteiger partial charge in [-0.1, -0.05) is 11.3 Å². The summed E-state index contributed by atoms with van der Waals surface area (Å²) >= 11 is 1.07. The lowest BCUT2D eigenvalue weighted by Gasteiger charge is -2.10. The molecule has 0 spiro atoms. The van der Waals surface area contributed by atoms with Crippen molar-refractivity contribution in [1.82, 2.24) is 9.88 Å². The predicted octanol–water partition coefficient (Wildman–Crippen LogP) is 1.16. The van der Waals surface area contributed by atoms with Gasteiger partial charge in [-0.15, -0.1) is 0 Å². The van der Waals surface area contributed by atoms with Crippen molar-refractivity contribution in [2.45, 2.75) is 26.3 Å². The third kappa shape index (κ3) is 3.21. The van der Waals surface area contributed by atoms with Crippen molar-refractivity contribution < 1.29 is 19.1 Å². The minimum absolute atomic E-state index is 0.00986. The number of thiazole rings is 1. The van der Waals surface area contributed by atoms with E-state index in [0.29, 0.717) is 18.1 Å². The minimum atomic E-state index is -0.623. The number of carbonyl (C=O) groups excluding carboxylic acids is 3. The molecule has 7 nitrogen and oxygen atoms in total. The van der Waals surface area contributed by atoms with Crippen molar-refractivity contribution in [2.75, 3.05) is 25.5 Å². The van der Waals surface area contributed by atoms with Gasteiger partial charge in [0.2, 0.25) is 5.91 Å². The molecule has 1 atom stereocenters. The zero-order chi connectivity index (χ0) is 15.6. The second-order valence-electron chi connectivity index (χ2n) is 4.72. The fourth-order valence-corrected chi connectivity index (χ4v) is 2.96. The van der Waals surface area contributed by atoms with Crippen LogP contribution in [0.15, 0.2) is 0 Å². The van der Waals surface area contributed by atoms with E-state index in [4.69, 9.17) is 4.74 Å². The number of hydrogen-bond acceptors (Lipinski definition) is 7. The third-order valence-electron chi connectivity index (χ3n) is 3.14. The van der Waals surface area contributed by atoms with E-state index in [1.807, 2.05) is 0 Å². The van der Waals surface area contributed by atoms with Gasteiger partial charge < -0.3 is 15.0 Å². The quantitative estimate of drug-likeness (QED) is 0.648. The normalized spacial score (nSPS) is 18.0. The van der Waals surface area contributed by atoms with Crippen LogP contribution in [-0.4, -0.2) is 53.8 Å². The Balaban J connectivity index is 2.21. The van der Waals surface area contributed by atoms with E-state index in [1.165, 1.54) is 6.92 Å². The van der Waals surface area contributed by atoms with Crippen molar-refractivity contribution >= 4 is 34.1 Å². The molecule has 0 bridgehead atoms. The van der Waals surface area contributed by atoms with Crippen LogP contribution in [0.3, 0.4) is 0 Å². The first-order valence-electron chi connectivity index (χ1n) is 6.64. The number of hydrogen-bond donors (Lipinski definition) is 1. The van der Waals surface area contributed by atoms with Gasteiger partial charge in [-0.3, -0.25) is 9.59 Å². The Bertz CT molecular complexity index is 584. The predicted molar refractivity (Wildman–Crippen MR) is 77.7 cm³/mol. The maximum atomic E-state index is 11.9. The Morgan fingerprint density at radius 2 is 2.24 bits per heavy atom. The zero-order valence-electron chi connectivity index (χ0n) is 12.1. The van der Waals surface area contributed by atoms with Crippen molar-refractivity contribution in [3.05, 3.63) is 10.6 Å². The van der Waals surface area contributed by atoms with Crippen LogP contribution in [0.2, 0.25) is 0 Å². The standard InChI is InChI=1S/C13H17N3O4S/c1-4-20-12(19)9-10(7(2)17)21-13(15-9)14-8-5-6-16(3)11(8)18/h8H,4-6H2,1-3H3,(H,14,15). The maximum absolute atomic E-state index is 11.9. The molecule has 1 saturated heterocycles. The van der Waals surface area contributed by atoms with Crippen molar-refractivity contribution in [3.8, 4) is 0 Å². The SMILES string of the molecule is CCOC(=O)c1nc(NC2CCN(C)C2=O)sc1C(C)=O. The van der Waals surface area contributed by atoms with Gasteiger partial charge in [0.1, 0.15) is 10.9 Å². The van der Waals surface area contributed by atoms with E-state index in [-0.39, 0.29) is 34.9 Å². The number of ether oxygens (including phenoxy) is 1. The van der Waals surface area contributed by atoms with E-state index in [1.54, 1.807) is 18.9 Å². The average Bonchev–Trinajstić information content (AvgIpc) is 2.98. The van der Waals surface area contributed by atoms with Crippen LogP contribution in [0.5, 0.6) is 0 Å². The molecule has 2 heterocycles. The number of carbonyl (C=O) groups is 3. The van der Waals surface area contributed by atoms with Gasteiger partial charge in [-0.05, 0) is 13.3 Å². The summed E-state index contributed by atoms with van der Waals surface area (Å²) in [5, 5.41) is 3.38. The smallest absolute Gasteiger partial charge is 0.358 e. The van der Waals surface area contributed by atoms with Crippen LogP contribution in [0.1, 0.15) is 40.4 Å². The van der Waals surface area contributed by atoms with Crippen molar-refractivity contribution in [1.29, 1.82) is 0 Å². The topological polar surface area (TPSA) is 88.6 Å². The monoisotopic (exact) mass is 311 g/mol. The molecular formula is C13H17N3O4S. The van der Waals surface area contributed by atoms with Gasteiger partial charge in [0.05, 0.1) is 6.61 Å². The van der Waals surface area contributed by atoms with Gasteiger partial charge in [-0.25, -0.2) is 9.78 Å². The van der Waals surface area contributed by atoms with E-state index in [2.05, 4.69) is 10.3 Å². The summed E-state index contributed by atoms with van der Waals surface area (Å²) in [6.07, 6.45) is 0.666. The third-order valence-corrected chi connectivity index (χ3v) is 4.23. The molecule has 0 saturated carbocycles. The Morgan fingerprint density at radius 3 is 2.76 bits per heavy atom. The summed E-state index contributed by atoms with van der Waals surface area (Å²) < 4.78 is 4.89. The summed E-state index contributed by atoms with van der Waals surface area (Å²) in [4.78, 5) is 41.2. The van der Waals surface area contributed by atoms with E-state index in [0.717, 1.165) is 11.3 Å². The number of likely N-dealkylation sites (N-methyl/N-ethyl adjacent to an activating group) is 1. The van der Waals surface area contributed by atoms with Crippen LogP contribution in [0, 0.1) is 0 Å². The first-order chi connectivity index (χ1) is 9.93. The van der Waals surface area contributed by atoms with Gasteiger partial charge in [0, 0.05) is 20.5 Å². The summed E-state index contributed by atoms with van der Waals surface area (Å²) in [5.74, 6) is -0.896. The molecule has 0 aliphatic carbocycles. The Morgan fingerprint density at radius 1 is 1.52 bits per heavy atom. The van der Waals surface area contributed by atoms with Crippen LogP contribution in [0.25, 0.3) is 0 Å². The molecule has 0 aromatic carbocycles. The molecule has 1 aliphatic rings. The molecular weight excluding hydrogens is 294 g/mol. The molecule has 114 valence electrons. The number of Topliss-reactive ketones (excluding diaryl/α,β-unsaturated/α-hetero) is 1. The number of aromatic nitrogens is 1. The second-order valence-corrected chi connectivity index (χ2v) is 5.72. The lowest BCUT2D eigenvalue weighted by atomic mass is 10.2. The van der Waals surface area contributed by atoms with E-state index >= 15 is 0 Å². The fraction of sp³-hybridized carbons (Fsp3) is 0.538. The van der Waals surface area contributed by atoms with Crippen LogP contribution in [0.4, 0.5) is 5.13 Å². The molecule has 1 amide bonds. The van der Waals surface area contributed by atoms with Gasteiger partial charge in [0.25, 0.3) is 0 Å². The molecule has 1 aromatic heterocycles. The Kier molecular flexibility index (Phi) is 4.56. The number of nitrogens with zero attached hydrogens (tertiary/aromatic N) is 2. The summed E-state index contributed by atoms with van der Waals surface area (Å²) in [7, 11) is 1.73. The number of nitrogens with one attached hydrogen (secondary N) is 1. The van der Waals surface area contributed by atoms with Gasteiger partial charge in [-0.2, -0.15) is 0 Å². The zero-order valence-corrected chi connectivity index (χ0v) is 13.0. The summed E-state index contributed by atoms with van der Waals surface area (Å²) in [6, 6.07) is -0.365. The lowest BCUT2D eigenvalue weighted by molar-refractivity contribution is -0.127. The molecule has 1 N–H and O–H groups in total. The fourth-order valence-electron chi connectivity index (χ4n) is 2.06. The number of amides is 1. The number of rotatable bonds is 5. The highest BCUT2D eigenvalue weighted by molar-refractivity contribution is 7.17. The number of ketones is 1. The van der Waals surface area contributed by atoms with Crippen LogP contribution >= 0.6 is 11.3 Å². The highest BCUT2D eigenvalue weighted by Crippen LogP contribution is 2.26. The van der Waals surface area contributed by atoms with E-state index in [9.17, 15) is 14.4 Å². The van der Waals surface area contributed by atoms with Crippen LogP contribution in [-0.2, 0) is 9.53 Å². The highest BCUT2D eigenvalue weighted by atomic mass is 32.1. The molecule has 1 aliphatic heterocycles. The molecule has 1 unspecified atom stereocenters.